The average molecular weight is 590 g/mol. The van der Waals surface area contributed by atoms with E-state index in [1.165, 1.54) is 6.08 Å². The van der Waals surface area contributed by atoms with Crippen molar-refractivity contribution in [3.63, 3.8) is 0 Å². The number of nitrogens with one attached hydrogen (secondary N) is 1. The number of rotatable bonds is 7. The fraction of sp³-hybridized carbons (Fsp3) is 0.115. The normalized spacial score (nSPS) is 14.7. The first-order valence-corrected chi connectivity index (χ1v) is 12.3. The van der Waals surface area contributed by atoms with Crippen molar-refractivity contribution in [1.29, 1.82) is 0 Å². The topological polar surface area (TPSA) is 84.9 Å². The van der Waals surface area contributed by atoms with Crippen LogP contribution in [-0.2, 0) is 16.2 Å². The molecule has 0 unspecified atom stereocenters. The van der Waals surface area contributed by atoms with Crippen molar-refractivity contribution >= 4 is 68.7 Å². The molecule has 1 saturated heterocycles. The van der Waals surface area contributed by atoms with Gasteiger partial charge in [-0.3, -0.25) is 14.9 Å². The molecule has 36 heavy (non-hydrogen) atoms. The van der Waals surface area contributed by atoms with Gasteiger partial charge in [-0.2, -0.15) is 0 Å². The Labute approximate surface area is 225 Å². The van der Waals surface area contributed by atoms with Crippen molar-refractivity contribution in [3.05, 3.63) is 91.9 Å². The van der Waals surface area contributed by atoms with Crippen molar-refractivity contribution in [1.82, 2.24) is 5.32 Å². The van der Waals surface area contributed by atoms with Gasteiger partial charge in [-0.05, 0) is 67.1 Å². The molecular formula is C26H19BrCl2N2O5. The molecule has 184 valence electrons. The number of carbonyl (C=O) groups is 3. The SMILES string of the molecule is CCOc1cc(/C=C2/C(=O)NC(=O)N(c3ccc(Br)cc3)C2=O)ccc1OCc1c(Cl)cccc1Cl. The Balaban J connectivity index is 1.62. The van der Waals surface area contributed by atoms with Crippen LogP contribution in [0.1, 0.15) is 18.1 Å². The fourth-order valence-electron chi connectivity index (χ4n) is 3.47. The Morgan fingerprint density at radius 2 is 1.64 bits per heavy atom. The largest absolute Gasteiger partial charge is 0.490 e. The van der Waals surface area contributed by atoms with Crippen molar-refractivity contribution in [3.8, 4) is 11.5 Å². The van der Waals surface area contributed by atoms with E-state index in [1.807, 2.05) is 6.92 Å². The Hall–Kier alpha value is -3.33. The number of ether oxygens (including phenoxy) is 2. The van der Waals surface area contributed by atoms with Crippen LogP contribution in [0.2, 0.25) is 10.0 Å². The second-order valence-electron chi connectivity index (χ2n) is 7.56. The molecule has 1 aliphatic rings. The van der Waals surface area contributed by atoms with Crippen LogP contribution in [0.3, 0.4) is 0 Å². The van der Waals surface area contributed by atoms with Crippen LogP contribution in [0.25, 0.3) is 6.08 Å². The van der Waals surface area contributed by atoms with E-state index in [0.29, 0.717) is 45.0 Å². The summed E-state index contributed by atoms with van der Waals surface area (Å²) in [5.41, 5.74) is 1.27. The second kappa shape index (κ2) is 11.2. The molecule has 7 nitrogen and oxygen atoms in total. The lowest BCUT2D eigenvalue weighted by Crippen LogP contribution is -2.54. The van der Waals surface area contributed by atoms with Gasteiger partial charge < -0.3 is 9.47 Å². The summed E-state index contributed by atoms with van der Waals surface area (Å²) < 4.78 is 12.4. The van der Waals surface area contributed by atoms with Gasteiger partial charge >= 0.3 is 6.03 Å². The summed E-state index contributed by atoms with van der Waals surface area (Å²) in [5.74, 6) is -0.691. The molecule has 1 heterocycles. The number of benzene rings is 3. The maximum atomic E-state index is 13.1. The summed E-state index contributed by atoms with van der Waals surface area (Å²) >= 11 is 15.8. The summed E-state index contributed by atoms with van der Waals surface area (Å²) in [6.45, 7) is 2.29. The molecule has 0 bridgehead atoms. The molecule has 1 N–H and O–H groups in total. The summed E-state index contributed by atoms with van der Waals surface area (Å²) in [6.07, 6.45) is 1.40. The minimum Gasteiger partial charge on any atom is -0.490 e. The van der Waals surface area contributed by atoms with E-state index in [4.69, 9.17) is 32.7 Å². The molecule has 0 atom stereocenters. The molecule has 3 aromatic rings. The first-order valence-electron chi connectivity index (χ1n) is 10.8. The average Bonchev–Trinajstić information content (AvgIpc) is 2.84. The predicted octanol–water partition coefficient (Wildman–Crippen LogP) is 6.40. The molecule has 0 aromatic heterocycles. The van der Waals surface area contributed by atoms with E-state index in [9.17, 15) is 14.4 Å². The molecule has 1 aliphatic heterocycles. The van der Waals surface area contributed by atoms with Crippen LogP contribution < -0.4 is 19.7 Å². The van der Waals surface area contributed by atoms with Gasteiger partial charge in [-0.25, -0.2) is 9.69 Å². The first kappa shape index (κ1) is 25.8. The molecule has 3 aromatic carbocycles. The molecule has 4 amide bonds. The molecule has 4 rings (SSSR count). The quantitative estimate of drug-likeness (QED) is 0.255. The van der Waals surface area contributed by atoms with Crippen molar-refractivity contribution in [2.24, 2.45) is 0 Å². The Kier molecular flexibility index (Phi) is 7.98. The van der Waals surface area contributed by atoms with Crippen LogP contribution >= 0.6 is 39.1 Å². The number of carbonyl (C=O) groups excluding carboxylic acids is 3. The fourth-order valence-corrected chi connectivity index (χ4v) is 4.24. The number of hydrogen-bond donors (Lipinski definition) is 1. The zero-order chi connectivity index (χ0) is 25.8. The molecular weight excluding hydrogens is 571 g/mol. The lowest BCUT2D eigenvalue weighted by Gasteiger charge is -2.26. The highest BCUT2D eigenvalue weighted by Crippen LogP contribution is 2.33. The predicted molar refractivity (Wildman–Crippen MR) is 142 cm³/mol. The van der Waals surface area contributed by atoms with Gasteiger partial charge in [0.1, 0.15) is 12.2 Å². The summed E-state index contributed by atoms with van der Waals surface area (Å²) in [7, 11) is 0. The van der Waals surface area contributed by atoms with E-state index in [-0.39, 0.29) is 12.2 Å². The van der Waals surface area contributed by atoms with Gasteiger partial charge in [0.2, 0.25) is 0 Å². The maximum absolute atomic E-state index is 13.1. The van der Waals surface area contributed by atoms with Crippen LogP contribution in [0.15, 0.2) is 70.7 Å². The van der Waals surface area contributed by atoms with Gasteiger partial charge in [-0.1, -0.05) is 51.3 Å². The highest BCUT2D eigenvalue weighted by atomic mass is 79.9. The Morgan fingerprint density at radius 3 is 2.31 bits per heavy atom. The third-order valence-electron chi connectivity index (χ3n) is 5.20. The van der Waals surface area contributed by atoms with E-state index >= 15 is 0 Å². The number of amides is 4. The van der Waals surface area contributed by atoms with Gasteiger partial charge in [-0.15, -0.1) is 0 Å². The van der Waals surface area contributed by atoms with E-state index in [2.05, 4.69) is 21.2 Å². The molecule has 0 saturated carbocycles. The zero-order valence-electron chi connectivity index (χ0n) is 18.9. The standard InChI is InChI=1S/C26H19BrCl2N2O5/c1-2-35-23-13-15(6-11-22(23)36-14-19-20(28)4-3-5-21(19)29)12-18-24(32)30-26(34)31(25(18)33)17-9-7-16(27)8-10-17/h3-13H,2,14H2,1H3,(H,30,32,34)/b18-12-. The lowest BCUT2D eigenvalue weighted by molar-refractivity contribution is -0.122. The zero-order valence-corrected chi connectivity index (χ0v) is 22.0. The molecule has 1 fully saturated rings. The summed E-state index contributed by atoms with van der Waals surface area (Å²) in [6, 6.07) is 15.9. The lowest BCUT2D eigenvalue weighted by atomic mass is 10.1. The number of anilines is 1. The van der Waals surface area contributed by atoms with Crippen LogP contribution in [-0.4, -0.2) is 24.5 Å². The molecule has 0 spiro atoms. The number of urea groups is 1. The third-order valence-corrected chi connectivity index (χ3v) is 6.44. The maximum Gasteiger partial charge on any atom is 0.335 e. The minimum atomic E-state index is -0.818. The van der Waals surface area contributed by atoms with E-state index < -0.39 is 17.8 Å². The van der Waals surface area contributed by atoms with Crippen molar-refractivity contribution in [2.75, 3.05) is 11.5 Å². The highest BCUT2D eigenvalue weighted by Gasteiger charge is 2.36. The molecule has 0 radical (unpaired) electrons. The van der Waals surface area contributed by atoms with Gasteiger partial charge in [0.05, 0.1) is 12.3 Å². The molecule has 10 heteroatoms. The Bertz CT molecular complexity index is 1350. The Morgan fingerprint density at radius 1 is 0.944 bits per heavy atom. The van der Waals surface area contributed by atoms with Gasteiger partial charge in [0.15, 0.2) is 11.5 Å². The number of hydrogen-bond acceptors (Lipinski definition) is 5. The third kappa shape index (κ3) is 5.56. The minimum absolute atomic E-state index is 0.115. The van der Waals surface area contributed by atoms with Crippen LogP contribution in [0.4, 0.5) is 10.5 Å². The van der Waals surface area contributed by atoms with Crippen molar-refractivity contribution < 1.29 is 23.9 Å². The monoisotopic (exact) mass is 588 g/mol. The van der Waals surface area contributed by atoms with Gasteiger partial charge in [0.25, 0.3) is 11.8 Å². The smallest absolute Gasteiger partial charge is 0.335 e. The highest BCUT2D eigenvalue weighted by molar-refractivity contribution is 9.10. The first-order chi connectivity index (χ1) is 17.3. The van der Waals surface area contributed by atoms with Crippen molar-refractivity contribution in [2.45, 2.75) is 13.5 Å². The number of barbiturate groups is 1. The second-order valence-corrected chi connectivity index (χ2v) is 9.29. The number of halogens is 3. The molecule has 0 aliphatic carbocycles. The summed E-state index contributed by atoms with van der Waals surface area (Å²) in [5, 5.41) is 3.17. The number of nitrogens with zero attached hydrogens (tertiary/aromatic N) is 1. The van der Waals surface area contributed by atoms with E-state index in [0.717, 1.165) is 9.37 Å². The van der Waals surface area contributed by atoms with E-state index in [1.54, 1.807) is 60.7 Å². The number of imide groups is 2. The van der Waals surface area contributed by atoms with Crippen LogP contribution in [0, 0.1) is 0 Å². The summed E-state index contributed by atoms with van der Waals surface area (Å²) in [4.78, 5) is 38.9. The van der Waals surface area contributed by atoms with Gasteiger partial charge in [0, 0.05) is 20.1 Å². The van der Waals surface area contributed by atoms with Crippen LogP contribution in [0.5, 0.6) is 11.5 Å².